The molecule has 1 aromatic heterocycles. The van der Waals surface area contributed by atoms with Crippen LogP contribution in [0.5, 0.6) is 0 Å². The van der Waals surface area contributed by atoms with Crippen molar-refractivity contribution in [1.82, 2.24) is 20.1 Å². The van der Waals surface area contributed by atoms with E-state index >= 15 is 0 Å². The summed E-state index contributed by atoms with van der Waals surface area (Å²) in [5, 5.41) is 12.3. The Balaban J connectivity index is 1.66. The molecule has 2 heterocycles. The first kappa shape index (κ1) is 21.6. The normalized spacial score (nSPS) is 16.7. The van der Waals surface area contributed by atoms with Crippen molar-refractivity contribution in [2.75, 3.05) is 18.9 Å². The van der Waals surface area contributed by atoms with Crippen LogP contribution < -0.4 is 5.32 Å². The molecule has 1 saturated heterocycles. The van der Waals surface area contributed by atoms with Crippen molar-refractivity contribution in [3.8, 4) is 11.4 Å². The summed E-state index contributed by atoms with van der Waals surface area (Å²) in [6.07, 6.45) is 4.05. The highest BCUT2D eigenvalue weighted by Crippen LogP contribution is 2.27. The van der Waals surface area contributed by atoms with E-state index in [2.05, 4.69) is 67.1 Å². The van der Waals surface area contributed by atoms with Crippen LogP contribution in [-0.4, -0.2) is 45.7 Å². The maximum Gasteiger partial charge on any atom is 0.230 e. The van der Waals surface area contributed by atoms with Crippen LogP contribution >= 0.6 is 11.8 Å². The van der Waals surface area contributed by atoms with Crippen molar-refractivity contribution in [2.45, 2.75) is 56.8 Å². The third kappa shape index (κ3) is 5.70. The molecule has 0 radical (unpaired) electrons. The SMILES string of the molecule is C=CCn1c(SCC(=O)NCC2CCCO2)nnc1-c1ccc(C(C)(C)C)cc1. The number of aromatic nitrogens is 3. The van der Waals surface area contributed by atoms with Gasteiger partial charge in [-0.2, -0.15) is 0 Å². The lowest BCUT2D eigenvalue weighted by Gasteiger charge is -2.19. The van der Waals surface area contributed by atoms with E-state index in [1.165, 1.54) is 17.3 Å². The summed E-state index contributed by atoms with van der Waals surface area (Å²) in [5.74, 6) is 1.06. The third-order valence-corrected chi connectivity index (χ3v) is 5.89. The molecule has 0 saturated carbocycles. The standard InChI is InChI=1S/C22H30N4O2S/c1-5-12-26-20(16-8-10-17(11-9-16)22(2,3)4)24-25-21(26)29-15-19(27)23-14-18-7-6-13-28-18/h5,8-11,18H,1,6-7,12-15H2,2-4H3,(H,23,27). The number of hydrogen-bond acceptors (Lipinski definition) is 5. The Kier molecular flexibility index (Phi) is 7.14. The molecule has 1 unspecified atom stereocenters. The first-order chi connectivity index (χ1) is 13.9. The van der Waals surface area contributed by atoms with Crippen LogP contribution in [-0.2, 0) is 21.5 Å². The van der Waals surface area contributed by atoms with Gasteiger partial charge in [-0.1, -0.05) is 62.9 Å². The lowest BCUT2D eigenvalue weighted by molar-refractivity contribution is -0.119. The minimum atomic E-state index is -0.0188. The average molecular weight is 415 g/mol. The largest absolute Gasteiger partial charge is 0.376 e. The molecule has 7 heteroatoms. The van der Waals surface area contributed by atoms with Crippen LogP contribution in [0.25, 0.3) is 11.4 Å². The van der Waals surface area contributed by atoms with Crippen molar-refractivity contribution in [3.05, 3.63) is 42.5 Å². The first-order valence-electron chi connectivity index (χ1n) is 10.0. The number of carbonyl (C=O) groups excluding carboxylic acids is 1. The number of thioether (sulfide) groups is 1. The van der Waals surface area contributed by atoms with E-state index < -0.39 is 0 Å². The van der Waals surface area contributed by atoms with Gasteiger partial charge < -0.3 is 10.1 Å². The number of amides is 1. The summed E-state index contributed by atoms with van der Waals surface area (Å²) in [6, 6.07) is 8.42. The average Bonchev–Trinajstić information content (AvgIpc) is 3.34. The van der Waals surface area contributed by atoms with Crippen LogP contribution in [0, 0.1) is 0 Å². The summed E-state index contributed by atoms with van der Waals surface area (Å²) < 4.78 is 7.54. The van der Waals surface area contributed by atoms with Gasteiger partial charge >= 0.3 is 0 Å². The number of nitrogens with zero attached hydrogens (tertiary/aromatic N) is 3. The van der Waals surface area contributed by atoms with Crippen molar-refractivity contribution < 1.29 is 9.53 Å². The van der Waals surface area contributed by atoms with E-state index in [9.17, 15) is 4.79 Å². The Morgan fingerprint density at radius 2 is 2.10 bits per heavy atom. The molecule has 1 aliphatic heterocycles. The summed E-state index contributed by atoms with van der Waals surface area (Å²) >= 11 is 1.39. The molecule has 0 bridgehead atoms. The van der Waals surface area contributed by atoms with Gasteiger partial charge in [-0.15, -0.1) is 16.8 Å². The molecule has 1 atom stereocenters. The van der Waals surface area contributed by atoms with Crippen molar-refractivity contribution in [2.24, 2.45) is 0 Å². The Morgan fingerprint density at radius 1 is 1.34 bits per heavy atom. The van der Waals surface area contributed by atoms with Gasteiger partial charge in [0.2, 0.25) is 5.91 Å². The van der Waals surface area contributed by atoms with Gasteiger partial charge in [0.05, 0.1) is 11.9 Å². The fourth-order valence-electron chi connectivity index (χ4n) is 3.24. The quantitative estimate of drug-likeness (QED) is 0.525. The van der Waals surface area contributed by atoms with Crippen molar-refractivity contribution in [3.63, 3.8) is 0 Å². The van der Waals surface area contributed by atoms with Gasteiger partial charge in [-0.05, 0) is 23.8 Å². The van der Waals surface area contributed by atoms with Crippen LogP contribution in [0.4, 0.5) is 0 Å². The molecule has 0 aliphatic carbocycles. The zero-order valence-corrected chi connectivity index (χ0v) is 18.3. The zero-order chi connectivity index (χ0) is 20.9. The fourth-order valence-corrected chi connectivity index (χ4v) is 4.01. The molecular formula is C22H30N4O2S. The summed E-state index contributed by atoms with van der Waals surface area (Å²) in [4.78, 5) is 12.2. The molecule has 6 nitrogen and oxygen atoms in total. The van der Waals surface area contributed by atoms with E-state index in [4.69, 9.17) is 4.74 Å². The lowest BCUT2D eigenvalue weighted by atomic mass is 9.87. The van der Waals surface area contributed by atoms with Crippen LogP contribution in [0.3, 0.4) is 0 Å². The molecule has 1 N–H and O–H groups in total. The third-order valence-electron chi connectivity index (χ3n) is 4.92. The molecule has 1 aliphatic rings. The number of ether oxygens (including phenoxy) is 1. The highest BCUT2D eigenvalue weighted by molar-refractivity contribution is 7.99. The van der Waals surface area contributed by atoms with Gasteiger partial charge in [0.15, 0.2) is 11.0 Å². The molecule has 1 amide bonds. The molecule has 1 fully saturated rings. The second-order valence-corrected chi connectivity index (χ2v) is 9.20. The molecule has 3 rings (SSSR count). The Labute approximate surface area is 177 Å². The maximum atomic E-state index is 12.2. The topological polar surface area (TPSA) is 69.0 Å². The van der Waals surface area contributed by atoms with E-state index in [0.29, 0.717) is 24.0 Å². The predicted molar refractivity (Wildman–Crippen MR) is 117 cm³/mol. The summed E-state index contributed by atoms with van der Waals surface area (Å²) in [7, 11) is 0. The van der Waals surface area contributed by atoms with E-state index in [-0.39, 0.29) is 17.4 Å². The monoisotopic (exact) mass is 414 g/mol. The Bertz CT molecular complexity index is 833. The van der Waals surface area contributed by atoms with Gasteiger partial charge in [-0.25, -0.2) is 0 Å². The van der Waals surface area contributed by atoms with Crippen LogP contribution in [0.15, 0.2) is 42.1 Å². The predicted octanol–water partition coefficient (Wildman–Crippen LogP) is 3.82. The van der Waals surface area contributed by atoms with Crippen LogP contribution in [0.1, 0.15) is 39.2 Å². The van der Waals surface area contributed by atoms with Gasteiger partial charge in [0, 0.05) is 25.3 Å². The minimum absolute atomic E-state index is 0.0188. The summed E-state index contributed by atoms with van der Waals surface area (Å²) in [5.41, 5.74) is 2.38. The van der Waals surface area contributed by atoms with E-state index in [1.54, 1.807) is 0 Å². The number of nitrogens with one attached hydrogen (secondary N) is 1. The van der Waals surface area contributed by atoms with Crippen molar-refractivity contribution in [1.29, 1.82) is 0 Å². The number of hydrogen-bond donors (Lipinski definition) is 1. The molecule has 0 spiro atoms. The molecule has 29 heavy (non-hydrogen) atoms. The maximum absolute atomic E-state index is 12.2. The fraction of sp³-hybridized carbons (Fsp3) is 0.500. The smallest absolute Gasteiger partial charge is 0.230 e. The Hall–Kier alpha value is -2.12. The van der Waals surface area contributed by atoms with Gasteiger partial charge in [-0.3, -0.25) is 9.36 Å². The molecule has 1 aromatic carbocycles. The van der Waals surface area contributed by atoms with Gasteiger partial charge in [0.25, 0.3) is 0 Å². The second kappa shape index (κ2) is 9.59. The van der Waals surface area contributed by atoms with E-state index in [1.807, 2.05) is 10.6 Å². The number of rotatable bonds is 8. The number of allylic oxidation sites excluding steroid dienone is 1. The highest BCUT2D eigenvalue weighted by atomic mass is 32.2. The first-order valence-corrected chi connectivity index (χ1v) is 11.0. The Morgan fingerprint density at radius 3 is 2.72 bits per heavy atom. The lowest BCUT2D eigenvalue weighted by Crippen LogP contribution is -2.32. The van der Waals surface area contributed by atoms with Crippen molar-refractivity contribution >= 4 is 17.7 Å². The van der Waals surface area contributed by atoms with Crippen LogP contribution in [0.2, 0.25) is 0 Å². The molecular weight excluding hydrogens is 384 g/mol. The second-order valence-electron chi connectivity index (χ2n) is 8.26. The summed E-state index contributed by atoms with van der Waals surface area (Å²) in [6.45, 7) is 12.4. The highest BCUT2D eigenvalue weighted by Gasteiger charge is 2.19. The number of carbonyl (C=O) groups is 1. The van der Waals surface area contributed by atoms with Gasteiger partial charge in [0.1, 0.15) is 0 Å². The zero-order valence-electron chi connectivity index (χ0n) is 17.5. The molecule has 2 aromatic rings. The number of benzene rings is 1. The molecule has 156 valence electrons. The van der Waals surface area contributed by atoms with E-state index in [0.717, 1.165) is 30.8 Å². The minimum Gasteiger partial charge on any atom is -0.376 e.